The van der Waals surface area contributed by atoms with Gasteiger partial charge in [-0.1, -0.05) is 135 Å². The molecule has 1 atom stereocenters. The second-order valence-electron chi connectivity index (χ2n) is 10.4. The average molecular weight is 568 g/mol. The third-order valence-corrected chi connectivity index (χ3v) is 8.73. The van der Waals surface area contributed by atoms with E-state index in [9.17, 15) is 14.7 Å². The fourth-order valence-electron chi connectivity index (χ4n) is 4.44. The molecule has 0 bridgehead atoms. The van der Waals surface area contributed by atoms with Crippen molar-refractivity contribution in [1.29, 1.82) is 0 Å². The number of thioether (sulfide) groups is 1. The number of carbonyl (C=O) groups excluding carboxylic acids is 2. The van der Waals surface area contributed by atoms with E-state index in [-0.39, 0.29) is 11.0 Å². The van der Waals surface area contributed by atoms with Gasteiger partial charge in [0.05, 0.1) is 11.6 Å². The van der Waals surface area contributed by atoms with Crippen molar-refractivity contribution in [3.05, 3.63) is 125 Å². The molecule has 0 saturated carbocycles. The van der Waals surface area contributed by atoms with Crippen LogP contribution in [-0.2, 0) is 20.8 Å². The zero-order valence-corrected chi connectivity index (χ0v) is 24.1. The van der Waals surface area contributed by atoms with Crippen LogP contribution in [0.5, 0.6) is 0 Å². The Morgan fingerprint density at radius 3 is 2.27 bits per heavy atom. The van der Waals surface area contributed by atoms with Gasteiger partial charge in [-0.3, -0.25) is 14.5 Å². The Balaban J connectivity index is 1.49. The number of nitrogens with zero attached hydrogens (tertiary/aromatic N) is 3. The van der Waals surface area contributed by atoms with Crippen molar-refractivity contribution in [3.63, 3.8) is 0 Å². The minimum Gasteiger partial charge on any atom is -0.503 e. The van der Waals surface area contributed by atoms with Crippen molar-refractivity contribution < 1.29 is 14.7 Å². The summed E-state index contributed by atoms with van der Waals surface area (Å²) >= 11 is 2.79. The molecule has 1 aromatic heterocycles. The predicted octanol–water partition coefficient (Wildman–Crippen LogP) is 7.31. The number of aliphatic hydroxyl groups is 1. The maximum atomic E-state index is 13.5. The fourth-order valence-corrected chi connectivity index (χ4v) is 6.26. The zero-order valence-electron chi connectivity index (χ0n) is 22.4. The molecular formula is C32H29N3O3S2. The third-order valence-electron chi connectivity index (χ3n) is 6.60. The summed E-state index contributed by atoms with van der Waals surface area (Å²) in [5.41, 5.74) is 3.77. The van der Waals surface area contributed by atoms with Gasteiger partial charge in [0, 0.05) is 5.75 Å². The molecule has 1 N–H and O–H groups in total. The second-order valence-corrected chi connectivity index (χ2v) is 12.6. The first-order chi connectivity index (χ1) is 19.2. The molecule has 1 aliphatic heterocycles. The Labute approximate surface area is 242 Å². The van der Waals surface area contributed by atoms with E-state index in [4.69, 9.17) is 0 Å². The number of anilines is 1. The van der Waals surface area contributed by atoms with Gasteiger partial charge in [-0.05, 0) is 33.7 Å². The van der Waals surface area contributed by atoms with Gasteiger partial charge in [-0.2, -0.15) is 0 Å². The second kappa shape index (κ2) is 11.6. The van der Waals surface area contributed by atoms with Crippen LogP contribution in [0.25, 0.3) is 6.08 Å². The average Bonchev–Trinajstić information content (AvgIpc) is 3.53. The van der Waals surface area contributed by atoms with Crippen LogP contribution in [0.4, 0.5) is 5.13 Å². The van der Waals surface area contributed by atoms with Crippen molar-refractivity contribution in [3.8, 4) is 0 Å². The van der Waals surface area contributed by atoms with E-state index in [0.717, 1.165) is 16.7 Å². The Kier molecular flexibility index (Phi) is 8.00. The third kappa shape index (κ3) is 5.93. The lowest BCUT2D eigenvalue weighted by molar-refractivity contribution is -0.117. The monoisotopic (exact) mass is 567 g/mol. The lowest BCUT2D eigenvalue weighted by Gasteiger charge is -2.25. The van der Waals surface area contributed by atoms with Gasteiger partial charge in [0.2, 0.25) is 5.13 Å². The summed E-state index contributed by atoms with van der Waals surface area (Å²) < 4.78 is 0.691. The summed E-state index contributed by atoms with van der Waals surface area (Å²) in [6.45, 7) is 6.37. The highest BCUT2D eigenvalue weighted by atomic mass is 32.2. The number of rotatable bonds is 8. The number of amides is 1. The molecule has 2 heterocycles. The molecular weight excluding hydrogens is 539 g/mol. The molecule has 0 aliphatic carbocycles. The van der Waals surface area contributed by atoms with Crippen molar-refractivity contribution in [1.82, 2.24) is 10.2 Å². The van der Waals surface area contributed by atoms with Gasteiger partial charge in [0.15, 0.2) is 15.9 Å². The quantitative estimate of drug-likeness (QED) is 0.137. The summed E-state index contributed by atoms with van der Waals surface area (Å²) in [5, 5.41) is 19.9. The van der Waals surface area contributed by atoms with E-state index in [1.54, 1.807) is 6.08 Å². The number of aromatic nitrogens is 2. The SMILES string of the molecule is CC(C)(C)c1ccc(C2C(C(=O)/C=C/c3ccccc3)=C(O)C(=O)N2c2nnc(SCc3ccccc3)s2)cc1. The van der Waals surface area contributed by atoms with E-state index in [0.29, 0.717) is 20.8 Å². The van der Waals surface area contributed by atoms with Crippen LogP contribution < -0.4 is 4.90 Å². The highest BCUT2D eigenvalue weighted by Crippen LogP contribution is 2.43. The molecule has 1 aliphatic rings. The number of benzene rings is 3. The Bertz CT molecular complexity index is 1570. The topological polar surface area (TPSA) is 83.4 Å². The van der Waals surface area contributed by atoms with Gasteiger partial charge in [0.1, 0.15) is 0 Å². The first-order valence-electron chi connectivity index (χ1n) is 12.9. The predicted molar refractivity (Wildman–Crippen MR) is 161 cm³/mol. The summed E-state index contributed by atoms with van der Waals surface area (Å²) in [5.74, 6) is -0.970. The number of allylic oxidation sites excluding steroid dienone is 1. The Morgan fingerprint density at radius 2 is 1.62 bits per heavy atom. The molecule has 5 rings (SSSR count). The van der Waals surface area contributed by atoms with E-state index < -0.39 is 23.5 Å². The molecule has 0 saturated heterocycles. The van der Waals surface area contributed by atoms with Crippen LogP contribution in [0.15, 0.2) is 107 Å². The van der Waals surface area contributed by atoms with E-state index in [1.165, 1.54) is 34.1 Å². The van der Waals surface area contributed by atoms with Crippen LogP contribution >= 0.6 is 23.1 Å². The maximum Gasteiger partial charge on any atom is 0.296 e. The molecule has 3 aromatic carbocycles. The molecule has 0 fully saturated rings. The highest BCUT2D eigenvalue weighted by molar-refractivity contribution is 8.00. The number of ketones is 1. The molecule has 0 radical (unpaired) electrons. The van der Waals surface area contributed by atoms with Crippen molar-refractivity contribution in [2.75, 3.05) is 4.90 Å². The van der Waals surface area contributed by atoms with Gasteiger partial charge >= 0.3 is 0 Å². The Hall–Kier alpha value is -4.01. The molecule has 40 heavy (non-hydrogen) atoms. The summed E-state index contributed by atoms with van der Waals surface area (Å²) in [4.78, 5) is 28.4. The molecule has 1 amide bonds. The lowest BCUT2D eigenvalue weighted by atomic mass is 9.85. The lowest BCUT2D eigenvalue weighted by Crippen LogP contribution is -2.31. The van der Waals surface area contributed by atoms with Gasteiger partial charge in [-0.15, -0.1) is 10.2 Å². The standard InChI is InChI=1S/C32H29N3O3S2/c1-32(2,3)24-17-15-23(16-18-24)27-26(25(36)19-14-21-10-6-4-7-11-21)28(37)29(38)35(27)30-33-34-31(40-30)39-20-22-12-8-5-9-13-22/h4-19,27,37H,20H2,1-3H3/b19-14+. The number of aliphatic hydroxyl groups excluding tert-OH is 1. The molecule has 202 valence electrons. The molecule has 6 nitrogen and oxygen atoms in total. The van der Waals surface area contributed by atoms with Gasteiger partial charge in [-0.25, -0.2) is 0 Å². The number of hydrogen-bond donors (Lipinski definition) is 1. The van der Waals surface area contributed by atoms with Crippen LogP contribution in [0.3, 0.4) is 0 Å². The van der Waals surface area contributed by atoms with E-state index >= 15 is 0 Å². The fraction of sp³-hybridized carbons (Fsp3) is 0.188. The minimum atomic E-state index is -0.839. The summed E-state index contributed by atoms with van der Waals surface area (Å²) in [6, 6.07) is 26.4. The van der Waals surface area contributed by atoms with Crippen LogP contribution in [0.2, 0.25) is 0 Å². The first-order valence-corrected chi connectivity index (χ1v) is 14.7. The molecule has 1 unspecified atom stereocenters. The smallest absolute Gasteiger partial charge is 0.296 e. The Morgan fingerprint density at radius 1 is 0.975 bits per heavy atom. The number of hydrogen-bond acceptors (Lipinski definition) is 7. The molecule has 0 spiro atoms. The molecule has 8 heteroatoms. The van der Waals surface area contributed by atoms with E-state index in [1.807, 2.05) is 84.9 Å². The van der Waals surface area contributed by atoms with Gasteiger partial charge < -0.3 is 5.11 Å². The van der Waals surface area contributed by atoms with Crippen LogP contribution in [0, 0.1) is 0 Å². The maximum absolute atomic E-state index is 13.5. The van der Waals surface area contributed by atoms with Crippen LogP contribution in [0.1, 0.15) is 49.1 Å². The van der Waals surface area contributed by atoms with E-state index in [2.05, 4.69) is 31.0 Å². The first kappa shape index (κ1) is 27.6. The number of carbonyl (C=O) groups is 2. The zero-order chi connectivity index (χ0) is 28.3. The summed E-state index contributed by atoms with van der Waals surface area (Å²) in [7, 11) is 0. The van der Waals surface area contributed by atoms with Crippen molar-refractivity contribution in [2.24, 2.45) is 0 Å². The van der Waals surface area contributed by atoms with Crippen molar-refractivity contribution in [2.45, 2.75) is 42.3 Å². The summed E-state index contributed by atoms with van der Waals surface area (Å²) in [6.07, 6.45) is 3.08. The highest BCUT2D eigenvalue weighted by Gasteiger charge is 2.45. The minimum absolute atomic E-state index is 0.0226. The molecule has 4 aromatic rings. The van der Waals surface area contributed by atoms with Crippen molar-refractivity contribution >= 4 is 46.0 Å². The van der Waals surface area contributed by atoms with Crippen LogP contribution in [-0.4, -0.2) is 27.0 Å². The largest absolute Gasteiger partial charge is 0.503 e. The normalized spacial score (nSPS) is 15.8. The van der Waals surface area contributed by atoms with Gasteiger partial charge in [0.25, 0.3) is 5.91 Å².